The van der Waals surface area contributed by atoms with Gasteiger partial charge in [0.1, 0.15) is 0 Å². The van der Waals surface area contributed by atoms with Gasteiger partial charge in [0.05, 0.1) is 0 Å². The van der Waals surface area contributed by atoms with Gasteiger partial charge in [0, 0.05) is 17.0 Å². The van der Waals surface area contributed by atoms with Crippen molar-refractivity contribution in [2.75, 3.05) is 20.1 Å². The lowest BCUT2D eigenvalue weighted by Crippen LogP contribution is -2.44. The van der Waals surface area contributed by atoms with Crippen LogP contribution in [0.3, 0.4) is 0 Å². The molecule has 0 bridgehead atoms. The van der Waals surface area contributed by atoms with Crippen LogP contribution in [0.4, 0.5) is 0 Å². The van der Waals surface area contributed by atoms with Crippen molar-refractivity contribution in [3.63, 3.8) is 0 Å². The van der Waals surface area contributed by atoms with Crippen LogP contribution in [0.5, 0.6) is 0 Å². The molecule has 0 saturated carbocycles. The normalized spacial score (nSPS) is 22.8. The first-order valence-corrected chi connectivity index (χ1v) is 8.55. The average molecular weight is 280 g/mol. The molecule has 2 unspecified atom stereocenters. The molecule has 108 valence electrons. The van der Waals surface area contributed by atoms with Crippen LogP contribution in [-0.2, 0) is 0 Å². The van der Waals surface area contributed by atoms with Crippen LogP contribution in [-0.4, -0.2) is 31.1 Å². The monoisotopic (exact) mass is 280 g/mol. The van der Waals surface area contributed by atoms with Crippen molar-refractivity contribution in [2.45, 2.75) is 51.6 Å². The van der Waals surface area contributed by atoms with Crippen LogP contribution in [0, 0.1) is 5.92 Å². The maximum absolute atomic E-state index is 3.31. The molecule has 0 radical (unpaired) electrons. The van der Waals surface area contributed by atoms with Crippen LogP contribution in [0.2, 0.25) is 0 Å². The average Bonchev–Trinajstić information content (AvgIpc) is 2.91. The Bertz CT molecular complexity index is 348. The summed E-state index contributed by atoms with van der Waals surface area (Å²) in [6, 6.07) is 5.89. The lowest BCUT2D eigenvalue weighted by atomic mass is 9.92. The number of hydrogen-bond donors (Lipinski definition) is 1. The molecule has 1 aliphatic heterocycles. The molecular formula is C16H28N2S. The molecule has 19 heavy (non-hydrogen) atoms. The van der Waals surface area contributed by atoms with Gasteiger partial charge in [-0.3, -0.25) is 4.90 Å². The van der Waals surface area contributed by atoms with Gasteiger partial charge in [-0.25, -0.2) is 0 Å². The largest absolute Gasteiger partial charge is 0.320 e. The summed E-state index contributed by atoms with van der Waals surface area (Å²) in [5.41, 5.74) is 0. The number of likely N-dealkylation sites (tertiary alicyclic amines) is 1. The minimum absolute atomic E-state index is 0.613. The Hall–Kier alpha value is -0.380. The van der Waals surface area contributed by atoms with Crippen LogP contribution < -0.4 is 5.32 Å². The first-order valence-electron chi connectivity index (χ1n) is 7.67. The molecule has 1 aromatic rings. The Balaban J connectivity index is 2.13. The standard InChI is InChI=1S/C16H28N2S/c1-13(2)16(15-8-6-12-19-15)18-11-5-4-7-14(18)9-10-17-3/h6,8,12-14,16-17H,4-5,7,9-11H2,1-3H3. The fraction of sp³-hybridized carbons (Fsp3) is 0.750. The van der Waals surface area contributed by atoms with E-state index < -0.39 is 0 Å². The van der Waals surface area contributed by atoms with Gasteiger partial charge in [0.25, 0.3) is 0 Å². The smallest absolute Gasteiger partial charge is 0.0467 e. The van der Waals surface area contributed by atoms with Crippen LogP contribution in [0.25, 0.3) is 0 Å². The third-order valence-electron chi connectivity index (χ3n) is 4.22. The van der Waals surface area contributed by atoms with E-state index in [4.69, 9.17) is 0 Å². The highest BCUT2D eigenvalue weighted by molar-refractivity contribution is 7.10. The van der Waals surface area contributed by atoms with Crippen LogP contribution in [0.15, 0.2) is 17.5 Å². The summed E-state index contributed by atoms with van der Waals surface area (Å²) >= 11 is 1.92. The molecule has 0 spiro atoms. The molecule has 3 heteroatoms. The summed E-state index contributed by atoms with van der Waals surface area (Å²) in [5.74, 6) is 0.689. The second-order valence-electron chi connectivity index (χ2n) is 5.98. The number of rotatable bonds is 6. The fourth-order valence-corrected chi connectivity index (χ4v) is 4.36. The highest BCUT2D eigenvalue weighted by Crippen LogP contribution is 2.36. The topological polar surface area (TPSA) is 15.3 Å². The highest BCUT2D eigenvalue weighted by atomic mass is 32.1. The van der Waals surface area contributed by atoms with E-state index in [-0.39, 0.29) is 0 Å². The Morgan fingerprint density at radius 3 is 2.89 bits per heavy atom. The molecule has 0 amide bonds. The summed E-state index contributed by atoms with van der Waals surface area (Å²) in [5, 5.41) is 5.53. The van der Waals surface area contributed by atoms with Gasteiger partial charge >= 0.3 is 0 Å². The predicted molar refractivity (Wildman–Crippen MR) is 84.8 cm³/mol. The number of hydrogen-bond acceptors (Lipinski definition) is 3. The van der Waals surface area contributed by atoms with Crippen LogP contribution in [0.1, 0.15) is 50.4 Å². The lowest BCUT2D eigenvalue weighted by molar-refractivity contribution is 0.0659. The van der Waals surface area contributed by atoms with Gasteiger partial charge in [0.15, 0.2) is 0 Å². The quantitative estimate of drug-likeness (QED) is 0.850. The molecule has 0 aromatic carbocycles. The van der Waals surface area contributed by atoms with E-state index >= 15 is 0 Å². The first-order chi connectivity index (χ1) is 9.24. The minimum Gasteiger partial charge on any atom is -0.320 e. The van der Waals surface area contributed by atoms with Gasteiger partial charge < -0.3 is 5.32 Å². The van der Waals surface area contributed by atoms with E-state index in [1.807, 2.05) is 11.3 Å². The van der Waals surface area contributed by atoms with Gasteiger partial charge in [-0.2, -0.15) is 0 Å². The van der Waals surface area contributed by atoms with Gasteiger partial charge in [-0.1, -0.05) is 26.3 Å². The van der Waals surface area contributed by atoms with E-state index in [0.29, 0.717) is 12.0 Å². The number of nitrogens with zero attached hydrogens (tertiary/aromatic N) is 1. The molecule has 0 aliphatic carbocycles. The molecule has 2 nitrogen and oxygen atoms in total. The number of nitrogens with one attached hydrogen (secondary N) is 1. The summed E-state index contributed by atoms with van der Waals surface area (Å²) in [6.45, 7) is 7.15. The van der Waals surface area contributed by atoms with E-state index in [0.717, 1.165) is 12.6 Å². The molecule has 1 saturated heterocycles. The second-order valence-corrected chi connectivity index (χ2v) is 6.96. The minimum atomic E-state index is 0.613. The SMILES string of the molecule is CNCCC1CCCCN1C(c1cccs1)C(C)C. The van der Waals surface area contributed by atoms with Crippen molar-refractivity contribution in [2.24, 2.45) is 5.92 Å². The van der Waals surface area contributed by atoms with E-state index in [1.54, 1.807) is 4.88 Å². The lowest BCUT2D eigenvalue weighted by Gasteiger charge is -2.43. The van der Waals surface area contributed by atoms with Crippen molar-refractivity contribution in [3.8, 4) is 0 Å². The molecular weight excluding hydrogens is 252 g/mol. The van der Waals surface area contributed by atoms with Gasteiger partial charge in [-0.05, 0) is 56.8 Å². The Kier molecular flexibility index (Phi) is 5.86. The third-order valence-corrected chi connectivity index (χ3v) is 5.17. The fourth-order valence-electron chi connectivity index (χ4n) is 3.34. The Morgan fingerprint density at radius 2 is 2.26 bits per heavy atom. The zero-order chi connectivity index (χ0) is 13.7. The van der Waals surface area contributed by atoms with E-state index in [2.05, 4.69) is 48.6 Å². The van der Waals surface area contributed by atoms with Crippen molar-refractivity contribution in [1.82, 2.24) is 10.2 Å². The van der Waals surface area contributed by atoms with Crippen molar-refractivity contribution >= 4 is 11.3 Å². The summed E-state index contributed by atoms with van der Waals surface area (Å²) in [6.07, 6.45) is 5.42. The Labute approximate surface area is 122 Å². The van der Waals surface area contributed by atoms with Crippen molar-refractivity contribution < 1.29 is 0 Å². The summed E-state index contributed by atoms with van der Waals surface area (Å²) in [7, 11) is 2.06. The van der Waals surface area contributed by atoms with Crippen molar-refractivity contribution in [1.29, 1.82) is 0 Å². The molecule has 2 atom stereocenters. The molecule has 2 rings (SSSR count). The van der Waals surface area contributed by atoms with E-state index in [1.165, 1.54) is 32.2 Å². The molecule has 1 N–H and O–H groups in total. The summed E-state index contributed by atoms with van der Waals surface area (Å²) in [4.78, 5) is 4.34. The van der Waals surface area contributed by atoms with Crippen molar-refractivity contribution in [3.05, 3.63) is 22.4 Å². The summed E-state index contributed by atoms with van der Waals surface area (Å²) < 4.78 is 0. The highest BCUT2D eigenvalue weighted by Gasteiger charge is 2.31. The second kappa shape index (κ2) is 7.41. The maximum atomic E-state index is 3.31. The maximum Gasteiger partial charge on any atom is 0.0467 e. The van der Waals surface area contributed by atoms with Gasteiger partial charge in [0.2, 0.25) is 0 Å². The molecule has 2 heterocycles. The molecule has 1 fully saturated rings. The van der Waals surface area contributed by atoms with Crippen LogP contribution >= 0.6 is 11.3 Å². The first kappa shape index (κ1) is 15.0. The molecule has 1 aromatic heterocycles. The predicted octanol–water partition coefficient (Wildman–Crippen LogP) is 3.91. The van der Waals surface area contributed by atoms with E-state index in [9.17, 15) is 0 Å². The zero-order valence-corrected chi connectivity index (χ0v) is 13.4. The number of thiophene rings is 1. The Morgan fingerprint density at radius 1 is 1.42 bits per heavy atom. The number of piperidine rings is 1. The zero-order valence-electron chi connectivity index (χ0n) is 12.6. The van der Waals surface area contributed by atoms with Gasteiger partial charge in [-0.15, -0.1) is 11.3 Å². The molecule has 1 aliphatic rings. The third kappa shape index (κ3) is 3.80.